The van der Waals surface area contributed by atoms with Crippen LogP contribution in [0.2, 0.25) is 10.0 Å². The summed E-state index contributed by atoms with van der Waals surface area (Å²) >= 11 is 15.6. The number of rotatable bonds is 7. The van der Waals surface area contributed by atoms with Gasteiger partial charge in [0, 0.05) is 70.6 Å². The van der Waals surface area contributed by atoms with Gasteiger partial charge in [0.05, 0.1) is 0 Å². The van der Waals surface area contributed by atoms with Crippen LogP contribution in [0.1, 0.15) is 5.56 Å². The van der Waals surface area contributed by atoms with E-state index < -0.39 is 11.8 Å². The highest BCUT2D eigenvalue weighted by atomic mass is 79.9. The lowest BCUT2D eigenvalue weighted by Gasteiger charge is -2.19. The first-order chi connectivity index (χ1) is 18.5. The number of fused-ring (bicyclic) bond motifs is 1. The molecule has 0 saturated carbocycles. The number of nitrogens with one attached hydrogen (secondary N) is 1. The first-order valence-electron chi connectivity index (χ1n) is 11.8. The van der Waals surface area contributed by atoms with Crippen molar-refractivity contribution in [3.05, 3.63) is 86.9 Å². The Bertz CT molecular complexity index is 1550. The van der Waals surface area contributed by atoms with Gasteiger partial charge in [0.25, 0.3) is 0 Å². The van der Waals surface area contributed by atoms with Crippen LogP contribution in [0.15, 0.2) is 71.3 Å². The summed E-state index contributed by atoms with van der Waals surface area (Å²) in [5.74, 6) is -0.613. The van der Waals surface area contributed by atoms with Crippen LogP contribution >= 0.6 is 39.1 Å². The predicted molar refractivity (Wildman–Crippen MR) is 156 cm³/mol. The second-order valence-electron chi connectivity index (χ2n) is 9.08. The maximum atomic E-state index is 12.9. The Morgan fingerprint density at radius 3 is 2.36 bits per heavy atom. The number of likely N-dealkylation sites (N-methyl/N-ethyl adjacent to an activating group) is 2. The van der Waals surface area contributed by atoms with Crippen LogP contribution < -0.4 is 10.1 Å². The number of halogens is 3. The second-order valence-corrected chi connectivity index (χ2v) is 10.9. The van der Waals surface area contributed by atoms with Gasteiger partial charge in [-0.15, -0.1) is 0 Å². The standard InChI is InChI=1S/C28H25BrCl2N4O4/c1-33(2)26(36)16-35-9-8-17-10-22(6-7-24(17)35)32-27(37)28(38)34(3)15-18-4-5-19(29)11-25(18)39-23-13-20(30)12-21(31)14-23/h4-14H,15-16H2,1-3H3,(H,32,37). The van der Waals surface area contributed by atoms with Gasteiger partial charge in [0.15, 0.2) is 0 Å². The van der Waals surface area contributed by atoms with Gasteiger partial charge in [-0.2, -0.15) is 0 Å². The lowest BCUT2D eigenvalue weighted by atomic mass is 10.2. The molecule has 3 amide bonds. The van der Waals surface area contributed by atoms with Crippen molar-refractivity contribution in [2.45, 2.75) is 13.1 Å². The van der Waals surface area contributed by atoms with Gasteiger partial charge in [-0.05, 0) is 54.6 Å². The van der Waals surface area contributed by atoms with E-state index in [9.17, 15) is 14.4 Å². The Balaban J connectivity index is 1.44. The van der Waals surface area contributed by atoms with Crippen LogP contribution in [0.5, 0.6) is 11.5 Å². The molecule has 4 aromatic rings. The highest BCUT2D eigenvalue weighted by molar-refractivity contribution is 9.10. The Kier molecular flexibility index (Phi) is 8.84. The Morgan fingerprint density at radius 2 is 1.67 bits per heavy atom. The SMILES string of the molecule is CN(C)C(=O)Cn1ccc2cc(NC(=O)C(=O)N(C)Cc3ccc(Br)cc3Oc3cc(Cl)cc(Cl)c3)ccc21. The summed E-state index contributed by atoms with van der Waals surface area (Å²) < 4.78 is 8.61. The normalized spacial score (nSPS) is 10.8. The number of hydrogen-bond donors (Lipinski definition) is 1. The first-order valence-corrected chi connectivity index (χ1v) is 13.3. The van der Waals surface area contributed by atoms with Gasteiger partial charge >= 0.3 is 11.8 Å². The minimum absolute atomic E-state index is 0.0331. The number of amides is 3. The minimum atomic E-state index is -0.778. The minimum Gasteiger partial charge on any atom is -0.457 e. The molecule has 0 aliphatic rings. The molecule has 0 fully saturated rings. The lowest BCUT2D eigenvalue weighted by Crippen LogP contribution is -2.36. The monoisotopic (exact) mass is 630 g/mol. The van der Waals surface area contributed by atoms with Gasteiger partial charge in [0.1, 0.15) is 18.0 Å². The molecule has 11 heteroatoms. The number of carbonyl (C=O) groups is 3. The van der Waals surface area contributed by atoms with E-state index in [-0.39, 0.29) is 19.0 Å². The van der Waals surface area contributed by atoms with Crippen LogP contribution in [0.4, 0.5) is 5.69 Å². The Labute approximate surface area is 244 Å². The fourth-order valence-corrected chi connectivity index (χ4v) is 4.70. The molecule has 8 nitrogen and oxygen atoms in total. The summed E-state index contributed by atoms with van der Waals surface area (Å²) in [5, 5.41) is 4.35. The highest BCUT2D eigenvalue weighted by Crippen LogP contribution is 2.32. The maximum absolute atomic E-state index is 12.9. The van der Waals surface area contributed by atoms with Crippen molar-refractivity contribution in [1.82, 2.24) is 14.4 Å². The molecule has 0 saturated heterocycles. The van der Waals surface area contributed by atoms with Crippen LogP contribution in [0.3, 0.4) is 0 Å². The van der Waals surface area contributed by atoms with Crippen molar-refractivity contribution >= 4 is 73.4 Å². The third-order valence-corrected chi connectivity index (χ3v) is 6.80. The fraction of sp³-hybridized carbons (Fsp3) is 0.179. The summed E-state index contributed by atoms with van der Waals surface area (Å²) in [7, 11) is 4.94. The Hall–Kier alpha value is -3.53. The first kappa shape index (κ1) is 28.5. The lowest BCUT2D eigenvalue weighted by molar-refractivity contribution is -0.142. The molecule has 0 bridgehead atoms. The van der Waals surface area contributed by atoms with E-state index in [1.165, 1.54) is 16.8 Å². The van der Waals surface area contributed by atoms with Gasteiger partial charge in [-0.3, -0.25) is 14.4 Å². The molecule has 1 N–H and O–H groups in total. The summed E-state index contributed by atoms with van der Waals surface area (Å²) in [4.78, 5) is 40.6. The van der Waals surface area contributed by atoms with Crippen LogP contribution in [-0.4, -0.2) is 53.2 Å². The highest BCUT2D eigenvalue weighted by Gasteiger charge is 2.21. The second kappa shape index (κ2) is 12.1. The third kappa shape index (κ3) is 7.11. The van der Waals surface area contributed by atoms with Gasteiger partial charge in [-0.1, -0.05) is 45.2 Å². The molecule has 1 aromatic heterocycles. The molecule has 0 spiro atoms. The average molecular weight is 632 g/mol. The molecule has 4 rings (SSSR count). The van der Waals surface area contributed by atoms with Crippen molar-refractivity contribution in [3.63, 3.8) is 0 Å². The van der Waals surface area contributed by atoms with E-state index in [1.807, 2.05) is 22.9 Å². The molecule has 202 valence electrons. The molecule has 0 aliphatic carbocycles. The topological polar surface area (TPSA) is 83.9 Å². The van der Waals surface area contributed by atoms with E-state index in [2.05, 4.69) is 21.2 Å². The van der Waals surface area contributed by atoms with Gasteiger partial charge in [0.2, 0.25) is 5.91 Å². The number of anilines is 1. The molecule has 1 heterocycles. The molecule has 0 unspecified atom stereocenters. The molecular weight excluding hydrogens is 607 g/mol. The zero-order valence-electron chi connectivity index (χ0n) is 21.4. The average Bonchev–Trinajstić information content (AvgIpc) is 3.26. The van der Waals surface area contributed by atoms with Gasteiger partial charge in [-0.25, -0.2) is 0 Å². The molecule has 0 aliphatic heterocycles. The smallest absolute Gasteiger partial charge is 0.313 e. The predicted octanol–water partition coefficient (Wildman–Crippen LogP) is 6.19. The molecular formula is C28H25BrCl2N4O4. The quantitative estimate of drug-likeness (QED) is 0.247. The number of benzene rings is 3. The number of carbonyl (C=O) groups excluding carboxylic acids is 3. The number of ether oxygens (including phenoxy) is 1. The molecule has 3 aromatic carbocycles. The van der Waals surface area contributed by atoms with Crippen LogP contribution in [0.25, 0.3) is 10.9 Å². The van der Waals surface area contributed by atoms with E-state index in [1.54, 1.807) is 62.6 Å². The molecule has 0 radical (unpaired) electrons. The number of nitrogens with zero attached hydrogens (tertiary/aromatic N) is 3. The maximum Gasteiger partial charge on any atom is 0.313 e. The Morgan fingerprint density at radius 1 is 0.949 bits per heavy atom. The third-order valence-electron chi connectivity index (χ3n) is 5.87. The van der Waals surface area contributed by atoms with Crippen LogP contribution in [-0.2, 0) is 27.5 Å². The van der Waals surface area contributed by atoms with Crippen molar-refractivity contribution < 1.29 is 19.1 Å². The van der Waals surface area contributed by atoms with Crippen molar-refractivity contribution in [3.8, 4) is 11.5 Å². The van der Waals surface area contributed by atoms with Crippen molar-refractivity contribution in [2.75, 3.05) is 26.5 Å². The van der Waals surface area contributed by atoms with E-state index in [4.69, 9.17) is 27.9 Å². The van der Waals surface area contributed by atoms with E-state index in [0.29, 0.717) is 32.8 Å². The van der Waals surface area contributed by atoms with E-state index in [0.717, 1.165) is 15.4 Å². The zero-order chi connectivity index (χ0) is 28.3. The summed E-state index contributed by atoms with van der Waals surface area (Å²) in [6, 6.07) is 17.3. The number of aromatic nitrogens is 1. The van der Waals surface area contributed by atoms with Gasteiger partial charge < -0.3 is 24.4 Å². The summed E-state index contributed by atoms with van der Waals surface area (Å²) in [5.41, 5.74) is 1.99. The summed E-state index contributed by atoms with van der Waals surface area (Å²) in [6.07, 6.45) is 1.81. The van der Waals surface area contributed by atoms with Crippen molar-refractivity contribution in [1.29, 1.82) is 0 Å². The van der Waals surface area contributed by atoms with Crippen LogP contribution in [0, 0.1) is 0 Å². The zero-order valence-corrected chi connectivity index (χ0v) is 24.5. The molecule has 39 heavy (non-hydrogen) atoms. The largest absolute Gasteiger partial charge is 0.457 e. The fourth-order valence-electron chi connectivity index (χ4n) is 3.86. The summed E-state index contributed by atoms with van der Waals surface area (Å²) in [6.45, 7) is 0.322. The number of hydrogen-bond acceptors (Lipinski definition) is 4. The van der Waals surface area contributed by atoms with Crippen molar-refractivity contribution in [2.24, 2.45) is 0 Å². The molecule has 0 atom stereocenters. The van der Waals surface area contributed by atoms with E-state index >= 15 is 0 Å².